The predicted octanol–water partition coefficient (Wildman–Crippen LogP) is 4.70. The molecule has 0 aromatic heterocycles. The molecule has 3 aromatic carbocycles. The van der Waals surface area contributed by atoms with Gasteiger partial charge in [-0.25, -0.2) is 9.79 Å². The number of Topliss-reactive ketones (excluding diaryl/α,β-unsaturated/α-hetero) is 1. The number of para-hydroxylation sites is 1. The fraction of sp³-hybridized carbons (Fsp3) is 0.241. The Morgan fingerprint density at radius 2 is 1.72 bits per heavy atom. The molecule has 1 aliphatic heterocycles. The number of rotatable bonds is 6. The molecule has 7 heteroatoms. The van der Waals surface area contributed by atoms with Crippen LogP contribution in [0.5, 0.6) is 0 Å². The van der Waals surface area contributed by atoms with Crippen LogP contribution in [0.15, 0.2) is 83.9 Å². The van der Waals surface area contributed by atoms with Gasteiger partial charge < -0.3 is 15.5 Å². The van der Waals surface area contributed by atoms with E-state index in [1.165, 1.54) is 4.90 Å². The second-order valence-electron chi connectivity index (χ2n) is 9.64. The number of carbonyl (C=O) groups excluding carboxylic acids is 3. The van der Waals surface area contributed by atoms with Crippen molar-refractivity contribution in [2.24, 2.45) is 10.4 Å². The van der Waals surface area contributed by atoms with E-state index in [2.05, 4.69) is 10.6 Å². The molecule has 2 N–H and O–H groups in total. The number of hydrogen-bond donors (Lipinski definition) is 2. The first-order valence-corrected chi connectivity index (χ1v) is 12.1. The van der Waals surface area contributed by atoms with Gasteiger partial charge in [0.25, 0.3) is 5.91 Å². The number of nitrogens with zero attached hydrogens (tertiary/aromatic N) is 2. The van der Waals surface area contributed by atoms with E-state index in [4.69, 9.17) is 4.99 Å². The van der Waals surface area contributed by atoms with E-state index in [0.29, 0.717) is 17.1 Å². The molecule has 1 aliphatic carbocycles. The topological polar surface area (TPSA) is 90.9 Å². The number of carbonyl (C=O) groups is 3. The van der Waals surface area contributed by atoms with E-state index in [1.54, 1.807) is 6.07 Å². The van der Waals surface area contributed by atoms with Gasteiger partial charge >= 0.3 is 6.03 Å². The number of benzodiazepines with no additional fused rings is 1. The number of aryl methyl sites for hydroxylation is 1. The summed E-state index contributed by atoms with van der Waals surface area (Å²) in [5.74, 6) is -0.442. The molecule has 0 saturated heterocycles. The van der Waals surface area contributed by atoms with Crippen LogP contribution in [0.25, 0.3) is 0 Å². The quantitative estimate of drug-likeness (QED) is 0.536. The van der Waals surface area contributed by atoms with E-state index in [9.17, 15) is 14.4 Å². The van der Waals surface area contributed by atoms with Crippen molar-refractivity contribution in [2.75, 3.05) is 16.8 Å². The lowest BCUT2D eigenvalue weighted by molar-refractivity contribution is -0.125. The van der Waals surface area contributed by atoms with Gasteiger partial charge in [-0.3, -0.25) is 9.59 Å². The molecule has 1 fully saturated rings. The summed E-state index contributed by atoms with van der Waals surface area (Å²) in [5.41, 5.74) is 3.93. The molecule has 0 unspecified atom stereocenters. The van der Waals surface area contributed by atoms with Crippen molar-refractivity contribution in [3.05, 3.63) is 95.6 Å². The lowest BCUT2D eigenvalue weighted by Gasteiger charge is -2.26. The number of benzene rings is 3. The second kappa shape index (κ2) is 9.41. The number of urea groups is 1. The summed E-state index contributed by atoms with van der Waals surface area (Å²) in [7, 11) is 0. The molecule has 0 radical (unpaired) electrons. The minimum Gasteiger partial charge on any atom is -0.308 e. The van der Waals surface area contributed by atoms with Crippen molar-refractivity contribution >= 4 is 34.8 Å². The summed E-state index contributed by atoms with van der Waals surface area (Å²) in [5, 5.41) is 5.51. The van der Waals surface area contributed by atoms with Crippen molar-refractivity contribution in [1.29, 1.82) is 0 Å². The van der Waals surface area contributed by atoms with E-state index < -0.39 is 23.5 Å². The zero-order valence-electron chi connectivity index (χ0n) is 20.3. The summed E-state index contributed by atoms with van der Waals surface area (Å²) < 4.78 is 0. The molecule has 1 atom stereocenters. The highest BCUT2D eigenvalue weighted by atomic mass is 16.2. The molecule has 1 heterocycles. The van der Waals surface area contributed by atoms with Crippen LogP contribution in [0.4, 0.5) is 16.2 Å². The summed E-state index contributed by atoms with van der Waals surface area (Å²) in [6.07, 6.45) is 0.432. The van der Waals surface area contributed by atoms with Crippen LogP contribution in [0.1, 0.15) is 36.5 Å². The third-order valence-electron chi connectivity index (χ3n) is 6.77. The van der Waals surface area contributed by atoms with Crippen LogP contribution in [-0.2, 0) is 9.59 Å². The average Bonchev–Trinajstić information content (AvgIpc) is 3.64. The van der Waals surface area contributed by atoms with Crippen molar-refractivity contribution < 1.29 is 14.4 Å². The molecule has 1 saturated carbocycles. The normalized spacial score (nSPS) is 17.9. The molecule has 36 heavy (non-hydrogen) atoms. The van der Waals surface area contributed by atoms with Crippen LogP contribution in [-0.4, -0.2) is 36.1 Å². The largest absolute Gasteiger partial charge is 0.321 e. The van der Waals surface area contributed by atoms with Gasteiger partial charge in [0.1, 0.15) is 0 Å². The summed E-state index contributed by atoms with van der Waals surface area (Å²) in [4.78, 5) is 46.1. The number of nitrogens with one attached hydrogen (secondary N) is 2. The molecular weight excluding hydrogens is 452 g/mol. The van der Waals surface area contributed by atoms with E-state index >= 15 is 0 Å². The van der Waals surface area contributed by atoms with Crippen LogP contribution in [0.2, 0.25) is 0 Å². The fourth-order valence-electron chi connectivity index (χ4n) is 4.33. The lowest BCUT2D eigenvalue weighted by atomic mass is 9.99. The summed E-state index contributed by atoms with van der Waals surface area (Å²) in [6, 6.07) is 23.8. The zero-order valence-corrected chi connectivity index (χ0v) is 20.3. The van der Waals surface area contributed by atoms with Crippen molar-refractivity contribution in [2.45, 2.75) is 32.9 Å². The van der Waals surface area contributed by atoms with Gasteiger partial charge in [0.2, 0.25) is 6.17 Å². The predicted molar refractivity (Wildman–Crippen MR) is 140 cm³/mol. The number of ketones is 1. The number of aliphatic imine (C=N–C) groups is 1. The Hall–Kier alpha value is -4.26. The van der Waals surface area contributed by atoms with Gasteiger partial charge in [0, 0.05) is 22.2 Å². The molecule has 182 valence electrons. The Kier molecular flexibility index (Phi) is 6.14. The highest BCUT2D eigenvalue weighted by Crippen LogP contribution is 2.46. The molecule has 5 rings (SSSR count). The van der Waals surface area contributed by atoms with E-state index in [1.807, 2.05) is 86.6 Å². The van der Waals surface area contributed by atoms with Crippen molar-refractivity contribution in [3.63, 3.8) is 0 Å². The van der Waals surface area contributed by atoms with Crippen LogP contribution >= 0.6 is 0 Å². The van der Waals surface area contributed by atoms with Gasteiger partial charge in [0.05, 0.1) is 17.9 Å². The number of fused-ring (bicyclic) bond motifs is 1. The fourth-order valence-corrected chi connectivity index (χ4v) is 4.33. The molecule has 0 bridgehead atoms. The summed E-state index contributed by atoms with van der Waals surface area (Å²) >= 11 is 0. The van der Waals surface area contributed by atoms with Gasteiger partial charge in [0.15, 0.2) is 5.78 Å². The second-order valence-corrected chi connectivity index (χ2v) is 9.64. The smallest absolute Gasteiger partial charge is 0.308 e. The minimum absolute atomic E-state index is 0.0109. The van der Waals surface area contributed by atoms with Gasteiger partial charge in [-0.2, -0.15) is 0 Å². The average molecular weight is 481 g/mol. The summed E-state index contributed by atoms with van der Waals surface area (Å²) in [6.45, 7) is 3.79. The maximum atomic E-state index is 13.8. The highest BCUT2D eigenvalue weighted by Gasteiger charge is 2.46. The Morgan fingerprint density at radius 3 is 2.44 bits per heavy atom. The maximum absolute atomic E-state index is 13.8. The van der Waals surface area contributed by atoms with Gasteiger partial charge in [-0.15, -0.1) is 0 Å². The number of hydrogen-bond acceptors (Lipinski definition) is 4. The van der Waals surface area contributed by atoms with E-state index in [0.717, 1.165) is 29.5 Å². The zero-order chi connectivity index (χ0) is 25.3. The van der Waals surface area contributed by atoms with Crippen molar-refractivity contribution in [1.82, 2.24) is 5.32 Å². The van der Waals surface area contributed by atoms with Gasteiger partial charge in [-0.05, 0) is 43.5 Å². The van der Waals surface area contributed by atoms with Crippen LogP contribution < -0.4 is 15.5 Å². The maximum Gasteiger partial charge on any atom is 0.321 e. The molecule has 0 spiro atoms. The van der Waals surface area contributed by atoms with Crippen molar-refractivity contribution in [3.8, 4) is 0 Å². The molecule has 3 amide bonds. The number of amides is 3. The third kappa shape index (κ3) is 4.77. The Bertz CT molecular complexity index is 1360. The van der Waals surface area contributed by atoms with E-state index in [-0.39, 0.29) is 12.3 Å². The molecular formula is C29H28N4O3. The van der Waals surface area contributed by atoms with Crippen LogP contribution in [0.3, 0.4) is 0 Å². The first-order valence-electron chi connectivity index (χ1n) is 12.1. The Labute approximate surface area is 210 Å². The SMILES string of the molecule is Cc1cccc(NC(=O)N[C@@H]2N=C(c3ccccc3)c3ccccc3N(CC(=O)C3(C)CC3)C2=O)c1. The lowest BCUT2D eigenvalue weighted by Crippen LogP contribution is -2.50. The Morgan fingerprint density at radius 1 is 1.00 bits per heavy atom. The Balaban J connectivity index is 1.53. The first-order chi connectivity index (χ1) is 17.3. The van der Waals surface area contributed by atoms with Gasteiger partial charge in [-0.1, -0.05) is 67.6 Å². The minimum atomic E-state index is -1.21. The highest BCUT2D eigenvalue weighted by molar-refractivity contribution is 6.21. The monoisotopic (exact) mass is 480 g/mol. The molecule has 3 aromatic rings. The standard InChI is InChI=1S/C29H28N4O3/c1-19-9-8-12-21(17-19)30-28(36)32-26-27(35)33(18-24(34)29(2)15-16-29)23-14-7-6-13-22(23)25(31-26)20-10-4-3-5-11-20/h3-14,17,26H,15-16,18H2,1-2H3,(H2,30,32,36)/t26-/m0/s1. The number of anilines is 2. The first kappa shape index (κ1) is 23.5. The van der Waals surface area contributed by atoms with Crippen LogP contribution in [0, 0.1) is 12.3 Å². The molecule has 7 nitrogen and oxygen atoms in total. The molecule has 2 aliphatic rings. The third-order valence-corrected chi connectivity index (χ3v) is 6.77.